The molecule has 1 unspecified atom stereocenters. The van der Waals surface area contributed by atoms with Crippen molar-refractivity contribution in [1.29, 1.82) is 0 Å². The summed E-state index contributed by atoms with van der Waals surface area (Å²) in [6, 6.07) is 5.32. The SMILES string of the molecule is CCCCOc1ccc(C(O)CC(=O)OCC)cc1Br. The van der Waals surface area contributed by atoms with Crippen molar-refractivity contribution in [3.05, 3.63) is 28.2 Å². The van der Waals surface area contributed by atoms with Gasteiger partial charge < -0.3 is 14.6 Å². The molecule has 0 saturated heterocycles. The van der Waals surface area contributed by atoms with Crippen LogP contribution in [0.3, 0.4) is 0 Å². The number of carbonyl (C=O) groups excluding carboxylic acids is 1. The van der Waals surface area contributed by atoms with Crippen LogP contribution < -0.4 is 4.74 Å². The first-order valence-electron chi connectivity index (χ1n) is 6.84. The number of aliphatic hydroxyl groups excluding tert-OH is 1. The van der Waals surface area contributed by atoms with E-state index in [1.165, 1.54) is 0 Å². The first-order valence-corrected chi connectivity index (χ1v) is 7.63. The zero-order chi connectivity index (χ0) is 15.0. The van der Waals surface area contributed by atoms with Gasteiger partial charge in [0.1, 0.15) is 5.75 Å². The number of hydrogen-bond acceptors (Lipinski definition) is 4. The van der Waals surface area contributed by atoms with Gasteiger partial charge in [0.2, 0.25) is 0 Å². The fourth-order valence-corrected chi connectivity index (χ4v) is 2.17. The predicted octanol–water partition coefficient (Wildman–Crippen LogP) is 3.61. The molecule has 112 valence electrons. The minimum atomic E-state index is -0.866. The van der Waals surface area contributed by atoms with Crippen LogP contribution in [0.5, 0.6) is 5.75 Å². The van der Waals surface area contributed by atoms with Crippen LogP contribution in [-0.4, -0.2) is 24.3 Å². The first kappa shape index (κ1) is 17.0. The maximum atomic E-state index is 11.3. The van der Waals surface area contributed by atoms with Crippen molar-refractivity contribution in [2.24, 2.45) is 0 Å². The molecule has 0 spiro atoms. The van der Waals surface area contributed by atoms with Crippen molar-refractivity contribution >= 4 is 21.9 Å². The van der Waals surface area contributed by atoms with E-state index in [-0.39, 0.29) is 6.42 Å². The predicted molar refractivity (Wildman–Crippen MR) is 80.8 cm³/mol. The van der Waals surface area contributed by atoms with E-state index < -0.39 is 12.1 Å². The Morgan fingerprint density at radius 1 is 1.40 bits per heavy atom. The highest BCUT2D eigenvalue weighted by molar-refractivity contribution is 9.10. The lowest BCUT2D eigenvalue weighted by Gasteiger charge is -2.13. The van der Waals surface area contributed by atoms with Crippen LogP contribution in [0.15, 0.2) is 22.7 Å². The lowest BCUT2D eigenvalue weighted by Crippen LogP contribution is -2.10. The number of esters is 1. The molecule has 0 aliphatic heterocycles. The van der Waals surface area contributed by atoms with Gasteiger partial charge in [-0.05, 0) is 47.0 Å². The van der Waals surface area contributed by atoms with Gasteiger partial charge in [0.25, 0.3) is 0 Å². The molecular weight excluding hydrogens is 324 g/mol. The third-order valence-electron chi connectivity index (χ3n) is 2.76. The molecule has 0 heterocycles. The van der Waals surface area contributed by atoms with Crippen molar-refractivity contribution in [1.82, 2.24) is 0 Å². The first-order chi connectivity index (χ1) is 9.58. The summed E-state index contributed by atoms with van der Waals surface area (Å²) in [7, 11) is 0. The van der Waals surface area contributed by atoms with E-state index in [4.69, 9.17) is 9.47 Å². The molecule has 1 rings (SSSR count). The summed E-state index contributed by atoms with van der Waals surface area (Å²) in [5, 5.41) is 9.98. The van der Waals surface area contributed by atoms with E-state index in [1.807, 2.05) is 0 Å². The molecule has 1 aromatic rings. The Kier molecular flexibility index (Phi) is 7.62. The second-order valence-electron chi connectivity index (χ2n) is 4.42. The molecule has 0 fully saturated rings. The summed E-state index contributed by atoms with van der Waals surface area (Å²) in [4.78, 5) is 11.3. The highest BCUT2D eigenvalue weighted by Gasteiger charge is 2.15. The molecule has 0 aliphatic rings. The normalized spacial score (nSPS) is 12.0. The Bertz CT molecular complexity index is 434. The summed E-state index contributed by atoms with van der Waals surface area (Å²) in [6.07, 6.45) is 1.17. The highest BCUT2D eigenvalue weighted by atomic mass is 79.9. The van der Waals surface area contributed by atoms with Gasteiger partial charge in [-0.2, -0.15) is 0 Å². The standard InChI is InChI=1S/C15H21BrO4/c1-3-5-8-20-14-7-6-11(9-12(14)16)13(17)10-15(18)19-4-2/h6-7,9,13,17H,3-5,8,10H2,1-2H3. The number of rotatable bonds is 8. The molecule has 0 amide bonds. The topological polar surface area (TPSA) is 55.8 Å². The second kappa shape index (κ2) is 8.97. The van der Waals surface area contributed by atoms with Crippen LogP contribution in [0.4, 0.5) is 0 Å². The van der Waals surface area contributed by atoms with Gasteiger partial charge >= 0.3 is 5.97 Å². The minimum Gasteiger partial charge on any atom is -0.492 e. The molecule has 0 saturated carbocycles. The zero-order valence-corrected chi connectivity index (χ0v) is 13.5. The maximum absolute atomic E-state index is 11.3. The molecule has 0 radical (unpaired) electrons. The van der Waals surface area contributed by atoms with Gasteiger partial charge in [0.15, 0.2) is 0 Å². The fourth-order valence-electron chi connectivity index (χ4n) is 1.66. The molecule has 1 N–H and O–H groups in total. The summed E-state index contributed by atoms with van der Waals surface area (Å²) >= 11 is 3.41. The number of aliphatic hydroxyl groups is 1. The van der Waals surface area contributed by atoms with E-state index in [0.29, 0.717) is 18.8 Å². The summed E-state index contributed by atoms with van der Waals surface area (Å²) in [5.74, 6) is 0.338. The molecule has 0 aliphatic carbocycles. The Morgan fingerprint density at radius 2 is 2.15 bits per heavy atom. The van der Waals surface area contributed by atoms with Crippen LogP contribution in [0.1, 0.15) is 44.8 Å². The van der Waals surface area contributed by atoms with E-state index >= 15 is 0 Å². The van der Waals surface area contributed by atoms with E-state index in [9.17, 15) is 9.90 Å². The van der Waals surface area contributed by atoms with Crippen molar-refractivity contribution < 1.29 is 19.4 Å². The average Bonchev–Trinajstić information content (AvgIpc) is 2.41. The van der Waals surface area contributed by atoms with Gasteiger partial charge in [0, 0.05) is 0 Å². The zero-order valence-electron chi connectivity index (χ0n) is 11.9. The number of hydrogen-bond donors (Lipinski definition) is 1. The van der Waals surface area contributed by atoms with Gasteiger partial charge in [-0.25, -0.2) is 0 Å². The lowest BCUT2D eigenvalue weighted by molar-refractivity contribution is -0.145. The Morgan fingerprint density at radius 3 is 2.75 bits per heavy atom. The van der Waals surface area contributed by atoms with E-state index in [0.717, 1.165) is 23.1 Å². The third-order valence-corrected chi connectivity index (χ3v) is 3.38. The molecule has 0 aromatic heterocycles. The van der Waals surface area contributed by atoms with Gasteiger partial charge in [-0.1, -0.05) is 19.4 Å². The Balaban J connectivity index is 2.63. The van der Waals surface area contributed by atoms with Crippen molar-refractivity contribution in [3.8, 4) is 5.75 Å². The van der Waals surface area contributed by atoms with Crippen LogP contribution >= 0.6 is 15.9 Å². The highest BCUT2D eigenvalue weighted by Crippen LogP contribution is 2.29. The molecule has 4 nitrogen and oxygen atoms in total. The van der Waals surface area contributed by atoms with Crippen LogP contribution in [-0.2, 0) is 9.53 Å². The Hall–Kier alpha value is -1.07. The van der Waals surface area contributed by atoms with Gasteiger partial charge in [-0.15, -0.1) is 0 Å². The number of ether oxygens (including phenoxy) is 2. The second-order valence-corrected chi connectivity index (χ2v) is 5.27. The monoisotopic (exact) mass is 344 g/mol. The van der Waals surface area contributed by atoms with Gasteiger partial charge in [-0.3, -0.25) is 4.79 Å². The molecule has 1 aromatic carbocycles. The lowest BCUT2D eigenvalue weighted by atomic mass is 10.1. The summed E-state index contributed by atoms with van der Waals surface area (Å²) in [6.45, 7) is 4.83. The van der Waals surface area contributed by atoms with Crippen molar-refractivity contribution in [2.45, 2.75) is 39.2 Å². The molecule has 0 bridgehead atoms. The number of carbonyl (C=O) groups is 1. The molecule has 20 heavy (non-hydrogen) atoms. The molecule has 5 heteroatoms. The van der Waals surface area contributed by atoms with Crippen LogP contribution in [0.25, 0.3) is 0 Å². The fraction of sp³-hybridized carbons (Fsp3) is 0.533. The average molecular weight is 345 g/mol. The van der Waals surface area contributed by atoms with Crippen molar-refractivity contribution in [2.75, 3.05) is 13.2 Å². The van der Waals surface area contributed by atoms with Crippen LogP contribution in [0.2, 0.25) is 0 Å². The quantitative estimate of drug-likeness (QED) is 0.578. The summed E-state index contributed by atoms with van der Waals surface area (Å²) < 4.78 is 11.2. The van der Waals surface area contributed by atoms with Crippen molar-refractivity contribution in [3.63, 3.8) is 0 Å². The third kappa shape index (κ3) is 5.51. The maximum Gasteiger partial charge on any atom is 0.308 e. The van der Waals surface area contributed by atoms with Gasteiger partial charge in [0.05, 0.1) is 30.2 Å². The smallest absolute Gasteiger partial charge is 0.308 e. The van der Waals surface area contributed by atoms with E-state index in [1.54, 1.807) is 25.1 Å². The molecule has 1 atom stereocenters. The minimum absolute atomic E-state index is 0.0453. The Labute approximate surface area is 128 Å². The number of benzene rings is 1. The summed E-state index contributed by atoms with van der Waals surface area (Å²) in [5.41, 5.74) is 0.660. The number of unbranched alkanes of at least 4 members (excludes halogenated alkanes) is 1. The molecular formula is C15H21BrO4. The van der Waals surface area contributed by atoms with Crippen LogP contribution in [0, 0.1) is 0 Å². The largest absolute Gasteiger partial charge is 0.492 e. The van der Waals surface area contributed by atoms with E-state index in [2.05, 4.69) is 22.9 Å². The number of halogens is 1.